The summed E-state index contributed by atoms with van der Waals surface area (Å²) >= 11 is 0. The number of carboxylic acids is 1. The van der Waals surface area contributed by atoms with Crippen LogP contribution >= 0.6 is 0 Å². The van der Waals surface area contributed by atoms with Gasteiger partial charge in [0.05, 0.1) is 5.92 Å². The van der Waals surface area contributed by atoms with Crippen molar-refractivity contribution in [3.8, 4) is 0 Å². The summed E-state index contributed by atoms with van der Waals surface area (Å²) in [5, 5.41) is 22.4. The van der Waals surface area contributed by atoms with Crippen LogP contribution in [0.15, 0.2) is 0 Å². The molecule has 0 aliphatic heterocycles. The molecule has 14 heavy (non-hydrogen) atoms. The molecule has 1 heterocycles. The summed E-state index contributed by atoms with van der Waals surface area (Å²) in [6.07, 6.45) is 0.577. The van der Waals surface area contributed by atoms with Gasteiger partial charge in [0, 0.05) is 13.6 Å². The van der Waals surface area contributed by atoms with Crippen LogP contribution in [0.1, 0.15) is 13.3 Å². The van der Waals surface area contributed by atoms with Gasteiger partial charge >= 0.3 is 5.97 Å². The second kappa shape index (κ2) is 4.54. The van der Waals surface area contributed by atoms with Gasteiger partial charge in [-0.25, -0.2) is 4.68 Å². The first-order valence-corrected chi connectivity index (χ1v) is 4.34. The van der Waals surface area contributed by atoms with Crippen LogP contribution in [0.5, 0.6) is 0 Å². The van der Waals surface area contributed by atoms with Gasteiger partial charge in [0.1, 0.15) is 0 Å². The Bertz CT molecular complexity index is 311. The van der Waals surface area contributed by atoms with Gasteiger partial charge in [-0.3, -0.25) is 4.79 Å². The lowest BCUT2D eigenvalue weighted by Gasteiger charge is -2.10. The number of carboxylic acid groups (broad SMARTS) is 1. The van der Waals surface area contributed by atoms with E-state index in [9.17, 15) is 4.79 Å². The van der Waals surface area contributed by atoms with Crippen molar-refractivity contribution in [2.45, 2.75) is 13.3 Å². The van der Waals surface area contributed by atoms with Crippen LogP contribution in [0.2, 0.25) is 0 Å². The summed E-state index contributed by atoms with van der Waals surface area (Å²) in [5.41, 5.74) is 0. The molecule has 78 valence electrons. The molecule has 0 aliphatic carbocycles. The molecule has 0 spiro atoms. The minimum atomic E-state index is -0.810. The SMILES string of the molecule is CCC(CNc1nnnn1C)C(=O)O. The zero-order valence-electron chi connectivity index (χ0n) is 8.14. The van der Waals surface area contributed by atoms with E-state index in [4.69, 9.17) is 5.11 Å². The maximum Gasteiger partial charge on any atom is 0.308 e. The summed E-state index contributed by atoms with van der Waals surface area (Å²) in [4.78, 5) is 10.7. The van der Waals surface area contributed by atoms with Gasteiger partial charge < -0.3 is 10.4 Å². The Kier molecular flexibility index (Phi) is 3.38. The molecule has 2 N–H and O–H groups in total. The molecule has 0 aliphatic rings. The Morgan fingerprint density at radius 3 is 2.86 bits per heavy atom. The van der Waals surface area contributed by atoms with Gasteiger partial charge in [-0.1, -0.05) is 12.0 Å². The lowest BCUT2D eigenvalue weighted by Crippen LogP contribution is -2.23. The maximum absolute atomic E-state index is 10.7. The van der Waals surface area contributed by atoms with Gasteiger partial charge in [0.2, 0.25) is 5.95 Å². The average Bonchev–Trinajstić information content (AvgIpc) is 2.52. The Balaban J connectivity index is 2.47. The van der Waals surface area contributed by atoms with Crippen molar-refractivity contribution in [1.82, 2.24) is 20.2 Å². The number of hydrogen-bond donors (Lipinski definition) is 2. The highest BCUT2D eigenvalue weighted by Crippen LogP contribution is 2.04. The topological polar surface area (TPSA) is 92.9 Å². The van der Waals surface area contributed by atoms with Crippen LogP contribution in [0.25, 0.3) is 0 Å². The minimum Gasteiger partial charge on any atom is -0.481 e. The van der Waals surface area contributed by atoms with Gasteiger partial charge in [-0.15, -0.1) is 0 Å². The number of carbonyl (C=O) groups is 1. The maximum atomic E-state index is 10.7. The molecule has 1 atom stereocenters. The van der Waals surface area contributed by atoms with Crippen LogP contribution in [0.4, 0.5) is 5.95 Å². The Morgan fingerprint density at radius 2 is 2.43 bits per heavy atom. The zero-order chi connectivity index (χ0) is 10.6. The first-order chi connectivity index (χ1) is 6.65. The van der Waals surface area contributed by atoms with E-state index in [2.05, 4.69) is 20.8 Å². The molecular formula is C7H13N5O2. The molecular weight excluding hydrogens is 186 g/mol. The monoisotopic (exact) mass is 199 g/mol. The molecule has 0 amide bonds. The predicted molar refractivity (Wildman–Crippen MR) is 48.7 cm³/mol. The Labute approximate surface area is 81.1 Å². The fourth-order valence-electron chi connectivity index (χ4n) is 1.000. The minimum absolute atomic E-state index is 0.333. The van der Waals surface area contributed by atoms with Gasteiger partial charge in [-0.2, -0.15) is 0 Å². The quantitative estimate of drug-likeness (QED) is 0.678. The van der Waals surface area contributed by atoms with Crippen LogP contribution in [-0.2, 0) is 11.8 Å². The highest BCUT2D eigenvalue weighted by Gasteiger charge is 2.15. The van der Waals surface area contributed by atoms with Crippen molar-refractivity contribution in [3.63, 3.8) is 0 Å². The van der Waals surface area contributed by atoms with E-state index < -0.39 is 11.9 Å². The molecule has 0 radical (unpaired) electrons. The molecule has 1 unspecified atom stereocenters. The summed E-state index contributed by atoms with van der Waals surface area (Å²) < 4.78 is 1.45. The molecule has 1 aromatic rings. The third kappa shape index (κ3) is 2.41. The molecule has 7 nitrogen and oxygen atoms in total. The number of aryl methyl sites for hydroxylation is 1. The fraction of sp³-hybridized carbons (Fsp3) is 0.714. The highest BCUT2D eigenvalue weighted by atomic mass is 16.4. The van der Waals surface area contributed by atoms with Crippen molar-refractivity contribution >= 4 is 11.9 Å². The number of nitrogens with zero attached hydrogens (tertiary/aromatic N) is 4. The van der Waals surface area contributed by atoms with E-state index in [0.29, 0.717) is 18.9 Å². The summed E-state index contributed by atoms with van der Waals surface area (Å²) in [6.45, 7) is 2.16. The van der Waals surface area contributed by atoms with E-state index in [-0.39, 0.29) is 0 Å². The first kappa shape index (κ1) is 10.4. The number of hydrogen-bond acceptors (Lipinski definition) is 5. The van der Waals surface area contributed by atoms with E-state index >= 15 is 0 Å². The van der Waals surface area contributed by atoms with Crippen molar-refractivity contribution in [1.29, 1.82) is 0 Å². The second-order valence-corrected chi connectivity index (χ2v) is 2.95. The predicted octanol–water partition coefficient (Wildman–Crippen LogP) is -0.267. The largest absolute Gasteiger partial charge is 0.481 e. The normalized spacial score (nSPS) is 12.4. The molecule has 0 fully saturated rings. The average molecular weight is 199 g/mol. The number of tetrazole rings is 1. The summed E-state index contributed by atoms with van der Waals surface area (Å²) in [6, 6.07) is 0. The van der Waals surface area contributed by atoms with Crippen LogP contribution in [0.3, 0.4) is 0 Å². The van der Waals surface area contributed by atoms with Crippen molar-refractivity contribution in [3.05, 3.63) is 0 Å². The fourth-order valence-corrected chi connectivity index (χ4v) is 1.000. The molecule has 1 aromatic heterocycles. The van der Waals surface area contributed by atoms with Crippen LogP contribution < -0.4 is 5.32 Å². The van der Waals surface area contributed by atoms with Crippen LogP contribution in [0, 0.1) is 5.92 Å². The molecule has 0 saturated carbocycles. The number of anilines is 1. The highest BCUT2D eigenvalue weighted by molar-refractivity contribution is 5.70. The first-order valence-electron chi connectivity index (χ1n) is 4.34. The van der Waals surface area contributed by atoms with E-state index in [1.54, 1.807) is 7.05 Å². The Hall–Kier alpha value is -1.66. The molecule has 7 heteroatoms. The third-order valence-electron chi connectivity index (χ3n) is 1.97. The van der Waals surface area contributed by atoms with E-state index in [1.807, 2.05) is 6.92 Å². The van der Waals surface area contributed by atoms with Crippen molar-refractivity contribution in [2.75, 3.05) is 11.9 Å². The number of aromatic nitrogens is 4. The molecule has 0 aromatic carbocycles. The van der Waals surface area contributed by atoms with Gasteiger partial charge in [-0.05, 0) is 16.8 Å². The Morgan fingerprint density at radius 1 is 1.71 bits per heavy atom. The lowest BCUT2D eigenvalue weighted by atomic mass is 10.1. The standard InChI is InChI=1S/C7H13N5O2/c1-3-5(6(13)14)4-8-7-9-10-11-12(7)2/h5H,3-4H2,1-2H3,(H,13,14)(H,8,9,11). The van der Waals surface area contributed by atoms with E-state index in [0.717, 1.165) is 0 Å². The number of aliphatic carboxylic acids is 1. The second-order valence-electron chi connectivity index (χ2n) is 2.95. The van der Waals surface area contributed by atoms with Gasteiger partial charge in [0.25, 0.3) is 0 Å². The van der Waals surface area contributed by atoms with Gasteiger partial charge in [0.15, 0.2) is 0 Å². The third-order valence-corrected chi connectivity index (χ3v) is 1.97. The van der Waals surface area contributed by atoms with Crippen LogP contribution in [-0.4, -0.2) is 37.8 Å². The van der Waals surface area contributed by atoms with Crippen molar-refractivity contribution in [2.24, 2.45) is 13.0 Å². The van der Waals surface area contributed by atoms with E-state index in [1.165, 1.54) is 4.68 Å². The van der Waals surface area contributed by atoms with Crippen molar-refractivity contribution < 1.29 is 9.90 Å². The zero-order valence-corrected chi connectivity index (χ0v) is 8.14. The lowest BCUT2D eigenvalue weighted by molar-refractivity contribution is -0.141. The molecule has 0 saturated heterocycles. The number of nitrogens with one attached hydrogen (secondary N) is 1. The number of rotatable bonds is 5. The molecule has 0 bridgehead atoms. The summed E-state index contributed by atoms with van der Waals surface area (Å²) in [5.74, 6) is -0.744. The smallest absolute Gasteiger partial charge is 0.308 e. The summed E-state index contributed by atoms with van der Waals surface area (Å²) in [7, 11) is 1.68. The molecule has 1 rings (SSSR count).